The molecule has 0 atom stereocenters. The van der Waals surface area contributed by atoms with Crippen LogP contribution in [0, 0.1) is 10.1 Å². The molecule has 0 aliphatic carbocycles. The van der Waals surface area contributed by atoms with Crippen molar-refractivity contribution in [1.29, 1.82) is 0 Å². The number of hydrogen-bond donors (Lipinski definition) is 1. The number of nitro benzene ring substituents is 1. The van der Waals surface area contributed by atoms with Crippen LogP contribution in [0.2, 0.25) is 5.02 Å². The third kappa shape index (κ3) is 3.20. The van der Waals surface area contributed by atoms with Crippen molar-refractivity contribution < 1.29 is 9.72 Å². The zero-order chi connectivity index (χ0) is 17.1. The quantitative estimate of drug-likeness (QED) is 0.574. The van der Waals surface area contributed by atoms with E-state index in [9.17, 15) is 14.9 Å². The number of rotatable bonds is 4. The van der Waals surface area contributed by atoms with E-state index in [1.807, 2.05) is 0 Å². The molecule has 3 aromatic rings. The molecule has 10 heteroatoms. The van der Waals surface area contributed by atoms with E-state index in [1.54, 1.807) is 17.0 Å². The summed E-state index contributed by atoms with van der Waals surface area (Å²) in [4.78, 5) is 34.6. The average Bonchev–Trinajstić information content (AvgIpc) is 3.09. The number of carbonyl (C=O) groups excluding carboxylic acids is 1. The highest BCUT2D eigenvalue weighted by Gasteiger charge is 2.21. The minimum absolute atomic E-state index is 0.157. The molecule has 0 bridgehead atoms. The number of anilines is 1. The molecule has 2 aromatic heterocycles. The van der Waals surface area contributed by atoms with Crippen LogP contribution < -0.4 is 5.32 Å². The van der Waals surface area contributed by atoms with Gasteiger partial charge < -0.3 is 5.32 Å². The van der Waals surface area contributed by atoms with Crippen molar-refractivity contribution >= 4 is 29.0 Å². The van der Waals surface area contributed by atoms with Gasteiger partial charge in [-0.1, -0.05) is 11.6 Å². The number of imidazole rings is 1. The SMILES string of the molecule is O=C(Nc1cc(-n2ccnc2)ncn1)c1cc(Cl)ccc1[N+](=O)[O-]. The Morgan fingerprint density at radius 3 is 2.83 bits per heavy atom. The Morgan fingerprint density at radius 2 is 2.12 bits per heavy atom. The largest absolute Gasteiger partial charge is 0.306 e. The van der Waals surface area contributed by atoms with E-state index in [0.717, 1.165) is 0 Å². The van der Waals surface area contributed by atoms with E-state index < -0.39 is 10.8 Å². The van der Waals surface area contributed by atoms with Crippen LogP contribution in [0.4, 0.5) is 11.5 Å². The zero-order valence-corrected chi connectivity index (χ0v) is 12.7. The van der Waals surface area contributed by atoms with Crippen LogP contribution in [-0.2, 0) is 0 Å². The minimum Gasteiger partial charge on any atom is -0.306 e. The van der Waals surface area contributed by atoms with Gasteiger partial charge in [-0.05, 0) is 12.1 Å². The number of amides is 1. The number of nitrogens with zero attached hydrogens (tertiary/aromatic N) is 5. The lowest BCUT2D eigenvalue weighted by Gasteiger charge is -2.07. The molecule has 0 unspecified atom stereocenters. The normalized spacial score (nSPS) is 10.4. The summed E-state index contributed by atoms with van der Waals surface area (Å²) in [6.07, 6.45) is 6.05. The standard InChI is InChI=1S/C14H9ClN6O3/c15-9-1-2-11(21(23)24)10(5-9)14(22)19-12-6-13(18-7-17-12)20-4-3-16-8-20/h1-8H,(H,17,18,19,22). The molecule has 0 fully saturated rings. The summed E-state index contributed by atoms with van der Waals surface area (Å²) < 4.78 is 1.62. The first-order valence-corrected chi connectivity index (χ1v) is 6.98. The molecule has 0 radical (unpaired) electrons. The second kappa shape index (κ2) is 6.42. The third-order valence-electron chi connectivity index (χ3n) is 3.06. The van der Waals surface area contributed by atoms with E-state index in [-0.39, 0.29) is 22.1 Å². The fourth-order valence-corrected chi connectivity index (χ4v) is 2.16. The highest BCUT2D eigenvalue weighted by atomic mass is 35.5. The van der Waals surface area contributed by atoms with Gasteiger partial charge in [-0.2, -0.15) is 0 Å². The molecule has 3 rings (SSSR count). The molecule has 0 saturated carbocycles. The first kappa shape index (κ1) is 15.6. The van der Waals surface area contributed by atoms with Crippen molar-refractivity contribution in [3.8, 4) is 5.82 Å². The number of carbonyl (C=O) groups is 1. The van der Waals surface area contributed by atoms with E-state index >= 15 is 0 Å². The Bertz CT molecular complexity index is 913. The Kier molecular flexibility index (Phi) is 4.17. The van der Waals surface area contributed by atoms with Gasteiger partial charge in [0.05, 0.1) is 4.92 Å². The number of nitro groups is 1. The van der Waals surface area contributed by atoms with Gasteiger partial charge >= 0.3 is 0 Å². The molecule has 1 N–H and O–H groups in total. The van der Waals surface area contributed by atoms with Crippen molar-refractivity contribution in [2.45, 2.75) is 0 Å². The lowest BCUT2D eigenvalue weighted by molar-refractivity contribution is -0.385. The first-order valence-electron chi connectivity index (χ1n) is 6.60. The van der Waals surface area contributed by atoms with Crippen LogP contribution in [-0.4, -0.2) is 30.3 Å². The Balaban J connectivity index is 1.90. The highest BCUT2D eigenvalue weighted by Crippen LogP contribution is 2.23. The van der Waals surface area contributed by atoms with Gasteiger partial charge in [0.1, 0.15) is 29.9 Å². The maximum atomic E-state index is 12.3. The van der Waals surface area contributed by atoms with E-state index in [1.165, 1.54) is 36.9 Å². The molecule has 0 saturated heterocycles. The molecular weight excluding hydrogens is 336 g/mol. The van der Waals surface area contributed by atoms with E-state index in [0.29, 0.717) is 5.82 Å². The predicted molar refractivity (Wildman–Crippen MR) is 85.2 cm³/mol. The predicted octanol–water partition coefficient (Wildman–Crippen LogP) is 2.48. The van der Waals surface area contributed by atoms with Crippen LogP contribution in [0.1, 0.15) is 10.4 Å². The maximum Gasteiger partial charge on any atom is 0.282 e. The molecule has 0 aliphatic rings. The third-order valence-corrected chi connectivity index (χ3v) is 3.30. The minimum atomic E-state index is -0.695. The number of nitrogens with one attached hydrogen (secondary N) is 1. The lowest BCUT2D eigenvalue weighted by atomic mass is 10.1. The number of hydrogen-bond acceptors (Lipinski definition) is 6. The molecule has 1 amide bonds. The molecule has 0 aliphatic heterocycles. The van der Waals surface area contributed by atoms with Crippen LogP contribution in [0.3, 0.4) is 0 Å². The van der Waals surface area contributed by atoms with Gasteiger partial charge in [0, 0.05) is 29.5 Å². The Hall–Kier alpha value is -3.33. The summed E-state index contributed by atoms with van der Waals surface area (Å²) in [5, 5.41) is 13.8. The van der Waals surface area contributed by atoms with E-state index in [4.69, 9.17) is 11.6 Å². The summed E-state index contributed by atoms with van der Waals surface area (Å²) in [5.41, 5.74) is -0.504. The molecule has 24 heavy (non-hydrogen) atoms. The summed E-state index contributed by atoms with van der Waals surface area (Å²) in [7, 11) is 0. The Labute approximate surface area is 140 Å². The van der Waals surface area contributed by atoms with Gasteiger partial charge in [0.25, 0.3) is 11.6 Å². The molecular formula is C14H9ClN6O3. The van der Waals surface area contributed by atoms with Gasteiger partial charge in [0.15, 0.2) is 0 Å². The van der Waals surface area contributed by atoms with Gasteiger partial charge in [-0.3, -0.25) is 19.5 Å². The molecule has 2 heterocycles. The highest BCUT2D eigenvalue weighted by molar-refractivity contribution is 6.31. The lowest BCUT2D eigenvalue weighted by Crippen LogP contribution is -2.15. The summed E-state index contributed by atoms with van der Waals surface area (Å²) in [6.45, 7) is 0. The van der Waals surface area contributed by atoms with Crippen LogP contribution in [0.5, 0.6) is 0 Å². The summed E-state index contributed by atoms with van der Waals surface area (Å²) in [5.74, 6) is -0.0224. The molecule has 9 nitrogen and oxygen atoms in total. The summed E-state index contributed by atoms with van der Waals surface area (Å²) in [6, 6.07) is 5.26. The Morgan fingerprint density at radius 1 is 1.29 bits per heavy atom. The molecule has 1 aromatic carbocycles. The smallest absolute Gasteiger partial charge is 0.282 e. The van der Waals surface area contributed by atoms with Crippen LogP contribution >= 0.6 is 11.6 Å². The van der Waals surface area contributed by atoms with Crippen molar-refractivity contribution in [2.75, 3.05) is 5.32 Å². The zero-order valence-electron chi connectivity index (χ0n) is 12.0. The van der Waals surface area contributed by atoms with Crippen molar-refractivity contribution in [2.24, 2.45) is 0 Å². The topological polar surface area (TPSA) is 116 Å². The summed E-state index contributed by atoms with van der Waals surface area (Å²) >= 11 is 5.82. The van der Waals surface area contributed by atoms with Gasteiger partial charge in [-0.15, -0.1) is 0 Å². The monoisotopic (exact) mass is 344 g/mol. The number of halogens is 1. The fourth-order valence-electron chi connectivity index (χ4n) is 1.98. The van der Waals surface area contributed by atoms with Crippen LogP contribution in [0.25, 0.3) is 5.82 Å². The number of benzene rings is 1. The second-order valence-corrected chi connectivity index (χ2v) is 5.04. The van der Waals surface area contributed by atoms with Gasteiger partial charge in [0.2, 0.25) is 0 Å². The van der Waals surface area contributed by atoms with E-state index in [2.05, 4.69) is 20.3 Å². The average molecular weight is 345 g/mol. The molecule has 0 spiro atoms. The number of aromatic nitrogens is 4. The second-order valence-electron chi connectivity index (χ2n) is 4.60. The first-order chi connectivity index (χ1) is 11.5. The van der Waals surface area contributed by atoms with Crippen LogP contribution in [0.15, 0.2) is 49.3 Å². The van der Waals surface area contributed by atoms with Crippen molar-refractivity contribution in [1.82, 2.24) is 19.5 Å². The molecule has 120 valence electrons. The van der Waals surface area contributed by atoms with Gasteiger partial charge in [-0.25, -0.2) is 15.0 Å². The maximum absolute atomic E-state index is 12.3. The van der Waals surface area contributed by atoms with Crippen molar-refractivity contribution in [3.63, 3.8) is 0 Å². The van der Waals surface area contributed by atoms with Crippen molar-refractivity contribution in [3.05, 3.63) is 70.0 Å². The fraction of sp³-hybridized carbons (Fsp3) is 0.